The van der Waals surface area contributed by atoms with Gasteiger partial charge in [-0.05, 0) is 5.56 Å². The van der Waals surface area contributed by atoms with Crippen LogP contribution in [-0.4, -0.2) is 19.7 Å². The molecule has 0 fully saturated rings. The molecule has 0 saturated heterocycles. The van der Waals surface area contributed by atoms with E-state index in [9.17, 15) is 0 Å². The van der Waals surface area contributed by atoms with E-state index in [1.54, 1.807) is 0 Å². The molecule has 23 heavy (non-hydrogen) atoms. The highest BCUT2D eigenvalue weighted by atomic mass is 16.5. The zero-order valence-electron chi connectivity index (χ0n) is 13.4. The van der Waals surface area contributed by atoms with Gasteiger partial charge >= 0.3 is 0 Å². The Balaban J connectivity index is 1.68. The fourth-order valence-corrected chi connectivity index (χ4v) is 2.49. The maximum absolute atomic E-state index is 5.60. The van der Waals surface area contributed by atoms with Crippen molar-refractivity contribution in [1.29, 1.82) is 0 Å². The highest BCUT2D eigenvalue weighted by molar-refractivity contribution is 5.54. The molecule has 2 heterocycles. The molecule has 2 aromatic heterocycles. The smallest absolute Gasteiger partial charge is 0.228 e. The number of nitrogens with two attached hydrogens (primary N) is 1. The molecular weight excluding hydrogens is 290 g/mol. The SMILES string of the molecule is CC(C)c1nccn1CCc1nc(-c2ccc(CN)cc2)no1. The number of imidazole rings is 1. The van der Waals surface area contributed by atoms with E-state index >= 15 is 0 Å². The lowest BCUT2D eigenvalue weighted by Crippen LogP contribution is -2.07. The Morgan fingerprint density at radius 1 is 1.22 bits per heavy atom. The molecule has 0 aliphatic heterocycles. The third-order valence-corrected chi connectivity index (χ3v) is 3.75. The van der Waals surface area contributed by atoms with E-state index in [0.29, 0.717) is 30.6 Å². The Morgan fingerprint density at radius 3 is 2.70 bits per heavy atom. The molecule has 0 unspecified atom stereocenters. The van der Waals surface area contributed by atoms with E-state index in [1.807, 2.05) is 36.7 Å². The summed E-state index contributed by atoms with van der Waals surface area (Å²) in [5.41, 5.74) is 7.62. The molecule has 0 saturated carbocycles. The van der Waals surface area contributed by atoms with Gasteiger partial charge in [-0.3, -0.25) is 0 Å². The van der Waals surface area contributed by atoms with Gasteiger partial charge in [0.15, 0.2) is 0 Å². The van der Waals surface area contributed by atoms with Crippen molar-refractivity contribution < 1.29 is 4.52 Å². The Morgan fingerprint density at radius 2 is 2.00 bits per heavy atom. The third-order valence-electron chi connectivity index (χ3n) is 3.75. The second-order valence-electron chi connectivity index (χ2n) is 5.80. The first-order valence-corrected chi connectivity index (χ1v) is 7.80. The fraction of sp³-hybridized carbons (Fsp3) is 0.353. The van der Waals surface area contributed by atoms with E-state index in [2.05, 4.69) is 33.5 Å². The Labute approximate surface area is 135 Å². The summed E-state index contributed by atoms with van der Waals surface area (Å²) >= 11 is 0. The van der Waals surface area contributed by atoms with E-state index in [-0.39, 0.29) is 0 Å². The monoisotopic (exact) mass is 311 g/mol. The maximum Gasteiger partial charge on any atom is 0.228 e. The van der Waals surface area contributed by atoms with Crippen molar-refractivity contribution in [2.45, 2.75) is 39.3 Å². The van der Waals surface area contributed by atoms with Gasteiger partial charge in [-0.1, -0.05) is 43.3 Å². The maximum atomic E-state index is 5.60. The molecule has 0 amide bonds. The highest BCUT2D eigenvalue weighted by Gasteiger charge is 2.11. The fourth-order valence-electron chi connectivity index (χ4n) is 2.49. The summed E-state index contributed by atoms with van der Waals surface area (Å²) in [4.78, 5) is 8.85. The standard InChI is InChI=1S/C17H21N5O/c1-12(2)17-19-8-10-22(17)9-7-15-20-16(21-23-15)14-5-3-13(11-18)4-6-14/h3-6,8,10,12H,7,9,11,18H2,1-2H3. The Hall–Kier alpha value is -2.47. The summed E-state index contributed by atoms with van der Waals surface area (Å²) < 4.78 is 7.48. The van der Waals surface area contributed by atoms with Crippen LogP contribution in [0.1, 0.15) is 37.0 Å². The van der Waals surface area contributed by atoms with Crippen molar-refractivity contribution in [2.24, 2.45) is 5.73 Å². The van der Waals surface area contributed by atoms with Gasteiger partial charge < -0.3 is 14.8 Å². The molecular formula is C17H21N5O. The van der Waals surface area contributed by atoms with Gasteiger partial charge in [-0.15, -0.1) is 0 Å². The molecule has 0 bridgehead atoms. The predicted octanol–water partition coefficient (Wildman–Crippen LogP) is 2.76. The number of rotatable bonds is 6. The second-order valence-corrected chi connectivity index (χ2v) is 5.80. The molecule has 0 spiro atoms. The van der Waals surface area contributed by atoms with Crippen molar-refractivity contribution in [3.8, 4) is 11.4 Å². The molecule has 0 atom stereocenters. The van der Waals surface area contributed by atoms with Gasteiger partial charge in [-0.25, -0.2) is 4.98 Å². The second kappa shape index (κ2) is 6.75. The lowest BCUT2D eigenvalue weighted by molar-refractivity contribution is 0.371. The average Bonchev–Trinajstić information content (AvgIpc) is 3.22. The zero-order chi connectivity index (χ0) is 16.2. The lowest BCUT2D eigenvalue weighted by Gasteiger charge is -2.08. The van der Waals surface area contributed by atoms with Gasteiger partial charge in [0.25, 0.3) is 0 Å². The minimum Gasteiger partial charge on any atom is -0.339 e. The van der Waals surface area contributed by atoms with Gasteiger partial charge in [0.05, 0.1) is 0 Å². The number of aryl methyl sites for hydroxylation is 2. The summed E-state index contributed by atoms with van der Waals surface area (Å²) in [5.74, 6) is 2.70. The molecule has 1 aromatic carbocycles. The predicted molar refractivity (Wildman–Crippen MR) is 87.6 cm³/mol. The molecule has 120 valence electrons. The summed E-state index contributed by atoms with van der Waals surface area (Å²) in [7, 11) is 0. The van der Waals surface area contributed by atoms with E-state index in [4.69, 9.17) is 10.3 Å². The van der Waals surface area contributed by atoms with Crippen LogP contribution in [0.2, 0.25) is 0 Å². The average molecular weight is 311 g/mol. The lowest BCUT2D eigenvalue weighted by atomic mass is 10.1. The van der Waals surface area contributed by atoms with Crippen molar-refractivity contribution in [2.75, 3.05) is 0 Å². The molecule has 3 aromatic rings. The van der Waals surface area contributed by atoms with Crippen molar-refractivity contribution in [3.63, 3.8) is 0 Å². The van der Waals surface area contributed by atoms with Crippen LogP contribution in [0.15, 0.2) is 41.2 Å². The summed E-state index contributed by atoms with van der Waals surface area (Å²) in [6, 6.07) is 7.88. The zero-order valence-corrected chi connectivity index (χ0v) is 13.4. The largest absolute Gasteiger partial charge is 0.339 e. The molecule has 0 aliphatic carbocycles. The molecule has 6 nitrogen and oxygen atoms in total. The minimum atomic E-state index is 0.393. The van der Waals surface area contributed by atoms with Crippen LogP contribution in [0.25, 0.3) is 11.4 Å². The molecule has 0 aliphatic rings. The van der Waals surface area contributed by atoms with Gasteiger partial charge in [0, 0.05) is 43.4 Å². The molecule has 0 radical (unpaired) electrons. The van der Waals surface area contributed by atoms with Crippen LogP contribution < -0.4 is 5.73 Å². The number of hydrogen-bond acceptors (Lipinski definition) is 5. The van der Waals surface area contributed by atoms with Crippen molar-refractivity contribution in [1.82, 2.24) is 19.7 Å². The number of benzene rings is 1. The van der Waals surface area contributed by atoms with Crippen LogP contribution in [0, 0.1) is 0 Å². The molecule has 2 N–H and O–H groups in total. The molecule has 3 rings (SSSR count). The third kappa shape index (κ3) is 3.48. The van der Waals surface area contributed by atoms with Gasteiger partial charge in [0.2, 0.25) is 11.7 Å². The van der Waals surface area contributed by atoms with Crippen LogP contribution in [0.4, 0.5) is 0 Å². The van der Waals surface area contributed by atoms with E-state index < -0.39 is 0 Å². The first-order chi connectivity index (χ1) is 11.2. The normalized spacial score (nSPS) is 11.3. The topological polar surface area (TPSA) is 82.8 Å². The van der Waals surface area contributed by atoms with Crippen LogP contribution in [-0.2, 0) is 19.5 Å². The first-order valence-electron chi connectivity index (χ1n) is 7.80. The van der Waals surface area contributed by atoms with Crippen LogP contribution in [0.5, 0.6) is 0 Å². The number of hydrogen-bond donors (Lipinski definition) is 1. The summed E-state index contributed by atoms with van der Waals surface area (Å²) in [6.45, 7) is 5.57. The van der Waals surface area contributed by atoms with Crippen molar-refractivity contribution in [3.05, 3.63) is 53.9 Å². The minimum absolute atomic E-state index is 0.393. The number of aromatic nitrogens is 4. The van der Waals surface area contributed by atoms with Gasteiger partial charge in [0.1, 0.15) is 5.82 Å². The summed E-state index contributed by atoms with van der Waals surface area (Å²) in [5, 5.41) is 4.06. The van der Waals surface area contributed by atoms with Crippen LogP contribution in [0.3, 0.4) is 0 Å². The highest BCUT2D eigenvalue weighted by Crippen LogP contribution is 2.17. The van der Waals surface area contributed by atoms with Crippen LogP contribution >= 0.6 is 0 Å². The number of nitrogens with zero attached hydrogens (tertiary/aromatic N) is 4. The first kappa shape index (κ1) is 15.4. The molecule has 6 heteroatoms. The quantitative estimate of drug-likeness (QED) is 0.757. The van der Waals surface area contributed by atoms with E-state index in [1.165, 1.54) is 0 Å². The van der Waals surface area contributed by atoms with E-state index in [0.717, 1.165) is 23.5 Å². The van der Waals surface area contributed by atoms with Crippen molar-refractivity contribution >= 4 is 0 Å². The summed E-state index contributed by atoms with van der Waals surface area (Å²) in [6.07, 6.45) is 4.50. The Kier molecular flexibility index (Phi) is 4.52. The Bertz CT molecular complexity index is 757. The van der Waals surface area contributed by atoms with Gasteiger partial charge in [-0.2, -0.15) is 4.98 Å².